The number of hydrogen-bond donors (Lipinski definition) is 0. The maximum Gasteiger partial charge on any atom is 0.261 e. The molecular formula is C21H19N3O4. The van der Waals surface area contributed by atoms with E-state index in [9.17, 15) is 19.2 Å². The number of carbonyl (C=O) groups excluding carboxylic acids is 4. The van der Waals surface area contributed by atoms with Crippen LogP contribution in [-0.2, 0) is 0 Å². The lowest BCUT2D eigenvalue weighted by molar-refractivity contribution is 0.0652. The number of likely N-dealkylation sites (N-methyl/N-ethyl adjacent to an activating group) is 1. The Hall–Kier alpha value is -3.48. The van der Waals surface area contributed by atoms with E-state index in [1.54, 1.807) is 42.5 Å². The van der Waals surface area contributed by atoms with E-state index < -0.39 is 0 Å². The van der Waals surface area contributed by atoms with Crippen molar-refractivity contribution in [1.29, 1.82) is 0 Å². The zero-order chi connectivity index (χ0) is 20.0. The van der Waals surface area contributed by atoms with E-state index in [1.165, 1.54) is 11.9 Å². The molecule has 28 heavy (non-hydrogen) atoms. The molecule has 0 atom stereocenters. The summed E-state index contributed by atoms with van der Waals surface area (Å²) in [7, 11) is 1.46. The highest BCUT2D eigenvalue weighted by atomic mass is 16.2. The van der Waals surface area contributed by atoms with E-state index in [4.69, 9.17) is 0 Å². The third-order valence-electron chi connectivity index (χ3n) is 5.29. The number of hydrogen-bond acceptors (Lipinski definition) is 5. The third kappa shape index (κ3) is 2.58. The average Bonchev–Trinajstić information content (AvgIpc) is 3.09. The first-order valence-electron chi connectivity index (χ1n) is 9.10. The molecule has 0 N–H and O–H groups in total. The average molecular weight is 377 g/mol. The van der Waals surface area contributed by atoms with Gasteiger partial charge in [-0.05, 0) is 37.3 Å². The van der Waals surface area contributed by atoms with Crippen LogP contribution in [0.2, 0.25) is 0 Å². The molecule has 0 spiro atoms. The van der Waals surface area contributed by atoms with Crippen LogP contribution in [-0.4, -0.2) is 60.1 Å². The lowest BCUT2D eigenvalue weighted by Crippen LogP contribution is -2.38. The molecule has 2 aromatic rings. The number of rotatable bonds is 5. The zero-order valence-electron chi connectivity index (χ0n) is 15.6. The highest BCUT2D eigenvalue weighted by Crippen LogP contribution is 2.27. The molecule has 2 aliphatic heterocycles. The number of fused-ring (bicyclic) bond motifs is 2. The Bertz CT molecular complexity index is 995. The molecule has 0 saturated carbocycles. The Morgan fingerprint density at radius 2 is 1.36 bits per heavy atom. The van der Waals surface area contributed by atoms with E-state index in [-0.39, 0.29) is 30.2 Å². The van der Waals surface area contributed by atoms with Crippen LogP contribution in [0.5, 0.6) is 0 Å². The largest absolute Gasteiger partial charge is 0.370 e. The number of benzene rings is 2. The van der Waals surface area contributed by atoms with Gasteiger partial charge in [0.25, 0.3) is 23.6 Å². The number of amides is 4. The number of imide groups is 2. The van der Waals surface area contributed by atoms with Crippen molar-refractivity contribution >= 4 is 29.3 Å². The van der Waals surface area contributed by atoms with Crippen molar-refractivity contribution in [3.05, 3.63) is 64.7 Å². The second kappa shape index (κ2) is 6.60. The second-order valence-electron chi connectivity index (χ2n) is 6.79. The Labute approximate surface area is 162 Å². The van der Waals surface area contributed by atoms with Crippen LogP contribution in [0.25, 0.3) is 0 Å². The first kappa shape index (κ1) is 17.9. The van der Waals surface area contributed by atoms with E-state index >= 15 is 0 Å². The summed E-state index contributed by atoms with van der Waals surface area (Å²) in [6.45, 7) is 3.25. The van der Waals surface area contributed by atoms with Crippen molar-refractivity contribution in [3.8, 4) is 0 Å². The summed E-state index contributed by atoms with van der Waals surface area (Å²) in [4.78, 5) is 53.6. The van der Waals surface area contributed by atoms with E-state index in [1.807, 2.05) is 11.8 Å². The molecule has 0 unspecified atom stereocenters. The topological polar surface area (TPSA) is 78.0 Å². The summed E-state index contributed by atoms with van der Waals surface area (Å²) in [5.74, 6) is -1.19. The predicted molar refractivity (Wildman–Crippen MR) is 103 cm³/mol. The Morgan fingerprint density at radius 1 is 0.786 bits per heavy atom. The summed E-state index contributed by atoms with van der Waals surface area (Å²) in [6, 6.07) is 11.9. The van der Waals surface area contributed by atoms with Gasteiger partial charge in [-0.1, -0.05) is 12.1 Å². The number of anilines is 1. The molecule has 0 saturated heterocycles. The fraction of sp³-hybridized carbons (Fsp3) is 0.238. The van der Waals surface area contributed by atoms with Crippen LogP contribution in [0.3, 0.4) is 0 Å². The van der Waals surface area contributed by atoms with Crippen LogP contribution < -0.4 is 4.90 Å². The second-order valence-corrected chi connectivity index (χ2v) is 6.79. The van der Waals surface area contributed by atoms with Crippen LogP contribution >= 0.6 is 0 Å². The van der Waals surface area contributed by atoms with Gasteiger partial charge in [-0.3, -0.25) is 29.0 Å². The van der Waals surface area contributed by atoms with Crippen molar-refractivity contribution in [3.63, 3.8) is 0 Å². The van der Waals surface area contributed by atoms with Crippen molar-refractivity contribution < 1.29 is 19.2 Å². The Morgan fingerprint density at radius 3 is 1.96 bits per heavy atom. The Kier molecular flexibility index (Phi) is 4.22. The van der Waals surface area contributed by atoms with Gasteiger partial charge in [0.15, 0.2) is 0 Å². The van der Waals surface area contributed by atoms with E-state index in [0.29, 0.717) is 35.3 Å². The van der Waals surface area contributed by atoms with Crippen LogP contribution in [0.1, 0.15) is 48.4 Å². The molecule has 0 aliphatic carbocycles. The molecule has 142 valence electrons. The smallest absolute Gasteiger partial charge is 0.261 e. The molecule has 2 heterocycles. The minimum Gasteiger partial charge on any atom is -0.370 e. The fourth-order valence-corrected chi connectivity index (χ4v) is 3.68. The summed E-state index contributed by atoms with van der Waals surface area (Å²) in [5.41, 5.74) is 2.41. The molecule has 7 nitrogen and oxygen atoms in total. The summed E-state index contributed by atoms with van der Waals surface area (Å²) in [5, 5.41) is 0. The van der Waals surface area contributed by atoms with Gasteiger partial charge in [0.1, 0.15) is 0 Å². The maximum absolute atomic E-state index is 12.5. The van der Waals surface area contributed by atoms with Crippen LogP contribution in [0.4, 0.5) is 5.69 Å². The van der Waals surface area contributed by atoms with Crippen molar-refractivity contribution in [2.24, 2.45) is 0 Å². The molecule has 2 aromatic carbocycles. The van der Waals surface area contributed by atoms with Gasteiger partial charge in [-0.25, -0.2) is 0 Å². The Balaban J connectivity index is 1.53. The minimum atomic E-state index is -0.321. The molecule has 4 rings (SSSR count). The van der Waals surface area contributed by atoms with Gasteiger partial charge in [0.05, 0.1) is 22.3 Å². The summed E-state index contributed by atoms with van der Waals surface area (Å²) in [6.07, 6.45) is 0. The van der Waals surface area contributed by atoms with Crippen molar-refractivity contribution in [2.75, 3.05) is 31.6 Å². The molecular weight excluding hydrogens is 358 g/mol. The normalized spacial score (nSPS) is 15.4. The van der Waals surface area contributed by atoms with Crippen molar-refractivity contribution in [1.82, 2.24) is 9.80 Å². The first-order chi connectivity index (χ1) is 13.4. The molecule has 0 aromatic heterocycles. The highest BCUT2D eigenvalue weighted by Gasteiger charge is 2.35. The lowest BCUT2D eigenvalue weighted by Gasteiger charge is -2.25. The SMILES string of the molecule is CCN(CCN1C(=O)c2ccccc2C1=O)c1ccc2c(c1)C(=O)N(C)C2=O. The zero-order valence-corrected chi connectivity index (χ0v) is 15.6. The molecule has 0 fully saturated rings. The van der Waals surface area contributed by atoms with Gasteiger partial charge < -0.3 is 4.90 Å². The molecule has 0 bridgehead atoms. The lowest BCUT2D eigenvalue weighted by atomic mass is 10.1. The molecule has 4 amide bonds. The maximum atomic E-state index is 12.5. The van der Waals surface area contributed by atoms with Gasteiger partial charge in [-0.2, -0.15) is 0 Å². The van der Waals surface area contributed by atoms with Crippen LogP contribution in [0, 0.1) is 0 Å². The standard InChI is InChI=1S/C21H19N3O4/c1-3-23(13-8-9-16-17(12-13)19(26)22(2)18(16)25)10-11-24-20(27)14-6-4-5-7-15(14)21(24)28/h4-9,12H,3,10-11H2,1-2H3. The third-order valence-corrected chi connectivity index (χ3v) is 5.29. The molecule has 0 radical (unpaired) electrons. The van der Waals surface area contributed by atoms with Gasteiger partial charge in [-0.15, -0.1) is 0 Å². The molecule has 7 heteroatoms. The van der Waals surface area contributed by atoms with E-state index in [2.05, 4.69) is 0 Å². The van der Waals surface area contributed by atoms with Crippen molar-refractivity contribution in [2.45, 2.75) is 6.92 Å². The van der Waals surface area contributed by atoms with Gasteiger partial charge >= 0.3 is 0 Å². The minimum absolute atomic E-state index is 0.240. The number of nitrogens with zero attached hydrogens (tertiary/aromatic N) is 3. The predicted octanol–water partition coefficient (Wildman–Crippen LogP) is 2.03. The van der Waals surface area contributed by atoms with Crippen LogP contribution in [0.15, 0.2) is 42.5 Å². The summed E-state index contributed by atoms with van der Waals surface area (Å²) >= 11 is 0. The highest BCUT2D eigenvalue weighted by molar-refractivity contribution is 6.22. The molecule has 2 aliphatic rings. The summed E-state index contributed by atoms with van der Waals surface area (Å²) < 4.78 is 0. The van der Waals surface area contributed by atoms with E-state index in [0.717, 1.165) is 10.6 Å². The van der Waals surface area contributed by atoms with Gasteiger partial charge in [0, 0.05) is 32.4 Å². The number of carbonyl (C=O) groups is 4. The quantitative estimate of drug-likeness (QED) is 0.745. The van der Waals surface area contributed by atoms with Gasteiger partial charge in [0.2, 0.25) is 0 Å². The fourth-order valence-electron chi connectivity index (χ4n) is 3.68. The monoisotopic (exact) mass is 377 g/mol. The first-order valence-corrected chi connectivity index (χ1v) is 9.10.